The first-order valence-corrected chi connectivity index (χ1v) is 11.5. The van der Waals surface area contributed by atoms with Gasteiger partial charge in [-0.1, -0.05) is 56.5 Å². The van der Waals surface area contributed by atoms with Gasteiger partial charge in [0.05, 0.1) is 6.61 Å². The van der Waals surface area contributed by atoms with Crippen LogP contribution in [0.2, 0.25) is 0 Å². The molecule has 0 radical (unpaired) electrons. The molecule has 0 bridgehead atoms. The number of anilines is 2. The second-order valence-corrected chi connectivity index (χ2v) is 7.81. The van der Waals surface area contributed by atoms with E-state index in [1.165, 1.54) is 11.3 Å². The summed E-state index contributed by atoms with van der Waals surface area (Å²) in [5.74, 6) is 0.434. The molecule has 0 saturated heterocycles. The molecule has 0 fully saturated rings. The van der Waals surface area contributed by atoms with Gasteiger partial charge in [-0.3, -0.25) is 0 Å². The lowest BCUT2D eigenvalue weighted by Crippen LogP contribution is -2.23. The molecule has 5 nitrogen and oxygen atoms in total. The molecule has 8 heteroatoms. The SMILES string of the molecule is CCCCCCOc1ccc(N(CC)c2nc(OCc3ccccc3)ncc2C(F)(F)F)cc1. The lowest BCUT2D eigenvalue weighted by Gasteiger charge is -2.25. The van der Waals surface area contributed by atoms with E-state index < -0.39 is 11.7 Å². The van der Waals surface area contributed by atoms with Crippen molar-refractivity contribution in [2.24, 2.45) is 0 Å². The highest BCUT2D eigenvalue weighted by Crippen LogP contribution is 2.38. The summed E-state index contributed by atoms with van der Waals surface area (Å²) in [7, 11) is 0. The zero-order valence-electron chi connectivity index (χ0n) is 19.5. The van der Waals surface area contributed by atoms with E-state index in [-0.39, 0.29) is 25.0 Å². The zero-order valence-corrected chi connectivity index (χ0v) is 19.5. The maximum atomic E-state index is 13.8. The monoisotopic (exact) mass is 473 g/mol. The molecule has 1 aromatic heterocycles. The third-order valence-electron chi connectivity index (χ3n) is 5.25. The summed E-state index contributed by atoms with van der Waals surface area (Å²) in [6, 6.07) is 16.2. The van der Waals surface area contributed by atoms with Gasteiger partial charge in [-0.25, -0.2) is 4.98 Å². The van der Waals surface area contributed by atoms with Crippen LogP contribution in [0, 0.1) is 0 Å². The lowest BCUT2D eigenvalue weighted by molar-refractivity contribution is -0.137. The predicted octanol–water partition coefficient (Wildman–Crippen LogP) is 7.19. The third kappa shape index (κ3) is 7.10. The Kier molecular flexibility index (Phi) is 9.13. The second-order valence-electron chi connectivity index (χ2n) is 7.81. The largest absolute Gasteiger partial charge is 0.494 e. The Hall–Kier alpha value is -3.29. The Morgan fingerprint density at radius 1 is 0.882 bits per heavy atom. The van der Waals surface area contributed by atoms with Crippen LogP contribution < -0.4 is 14.4 Å². The number of hydrogen-bond acceptors (Lipinski definition) is 5. The summed E-state index contributed by atoms with van der Waals surface area (Å²) < 4.78 is 52.6. The Bertz CT molecular complexity index is 1010. The van der Waals surface area contributed by atoms with Crippen molar-refractivity contribution in [2.75, 3.05) is 18.1 Å². The zero-order chi connectivity index (χ0) is 24.4. The standard InChI is InChI=1S/C26H30F3N3O2/c1-3-5-6-10-17-33-22-15-13-21(14-16-22)32(4-2)24-23(26(27,28)29)18-30-25(31-24)34-19-20-11-8-7-9-12-20/h7-9,11-16,18H,3-6,10,17,19H2,1-2H3. The van der Waals surface area contributed by atoms with Crippen molar-refractivity contribution >= 4 is 11.5 Å². The van der Waals surface area contributed by atoms with Gasteiger partial charge in [0.1, 0.15) is 17.9 Å². The fraction of sp³-hybridized carbons (Fsp3) is 0.385. The molecule has 182 valence electrons. The Labute approximate surface area is 198 Å². The van der Waals surface area contributed by atoms with Crippen molar-refractivity contribution in [1.82, 2.24) is 9.97 Å². The minimum absolute atomic E-state index is 0.114. The van der Waals surface area contributed by atoms with Crippen LogP contribution in [0.25, 0.3) is 0 Å². The van der Waals surface area contributed by atoms with Gasteiger partial charge in [-0.15, -0.1) is 0 Å². The van der Waals surface area contributed by atoms with Crippen LogP contribution in [-0.2, 0) is 12.8 Å². The average molecular weight is 474 g/mol. The first-order valence-electron chi connectivity index (χ1n) is 11.5. The first-order chi connectivity index (χ1) is 16.4. The van der Waals surface area contributed by atoms with Crippen molar-refractivity contribution in [1.29, 1.82) is 0 Å². The highest BCUT2D eigenvalue weighted by Gasteiger charge is 2.37. The number of hydrogen-bond donors (Lipinski definition) is 0. The number of nitrogens with zero attached hydrogens (tertiary/aromatic N) is 3. The van der Waals surface area contributed by atoms with Crippen LogP contribution in [0.15, 0.2) is 60.8 Å². The first kappa shape index (κ1) is 25.3. The third-order valence-corrected chi connectivity index (χ3v) is 5.25. The molecule has 0 spiro atoms. The summed E-state index contributed by atoms with van der Waals surface area (Å²) in [4.78, 5) is 9.43. The molecular weight excluding hydrogens is 443 g/mol. The topological polar surface area (TPSA) is 47.5 Å². The number of alkyl halides is 3. The van der Waals surface area contributed by atoms with Crippen molar-refractivity contribution in [3.8, 4) is 11.8 Å². The molecule has 0 N–H and O–H groups in total. The molecule has 0 aliphatic rings. The number of ether oxygens (including phenoxy) is 2. The molecule has 34 heavy (non-hydrogen) atoms. The number of unbranched alkanes of at least 4 members (excludes halogenated alkanes) is 3. The van der Waals surface area contributed by atoms with Crippen molar-refractivity contribution in [3.05, 3.63) is 71.9 Å². The van der Waals surface area contributed by atoms with E-state index in [0.29, 0.717) is 18.0 Å². The van der Waals surface area contributed by atoms with Crippen LogP contribution >= 0.6 is 0 Å². The molecule has 0 unspecified atom stereocenters. The normalized spacial score (nSPS) is 11.3. The molecule has 2 aromatic carbocycles. The fourth-order valence-electron chi connectivity index (χ4n) is 3.45. The van der Waals surface area contributed by atoms with E-state index in [2.05, 4.69) is 16.9 Å². The number of benzene rings is 2. The highest BCUT2D eigenvalue weighted by molar-refractivity contribution is 5.64. The number of aromatic nitrogens is 2. The minimum Gasteiger partial charge on any atom is -0.494 e. The van der Waals surface area contributed by atoms with Crippen LogP contribution in [0.4, 0.5) is 24.7 Å². The van der Waals surface area contributed by atoms with Gasteiger partial charge in [0.15, 0.2) is 5.82 Å². The molecule has 0 atom stereocenters. The number of rotatable bonds is 12. The van der Waals surface area contributed by atoms with E-state index in [0.717, 1.165) is 31.0 Å². The summed E-state index contributed by atoms with van der Waals surface area (Å²) in [5.41, 5.74) is 0.516. The lowest BCUT2D eigenvalue weighted by atomic mass is 10.2. The maximum absolute atomic E-state index is 13.8. The highest BCUT2D eigenvalue weighted by atomic mass is 19.4. The molecular formula is C26H30F3N3O2. The van der Waals surface area contributed by atoms with Gasteiger partial charge >= 0.3 is 12.2 Å². The molecule has 0 amide bonds. The van der Waals surface area contributed by atoms with E-state index in [1.807, 2.05) is 30.3 Å². The Morgan fingerprint density at radius 2 is 1.62 bits per heavy atom. The molecule has 3 aromatic rings. The van der Waals surface area contributed by atoms with Gasteiger partial charge in [-0.05, 0) is 43.2 Å². The summed E-state index contributed by atoms with van der Waals surface area (Å²) >= 11 is 0. The quantitative estimate of drug-likeness (QED) is 0.261. The maximum Gasteiger partial charge on any atom is 0.421 e. The van der Waals surface area contributed by atoms with Gasteiger partial charge in [-0.2, -0.15) is 18.2 Å². The molecule has 0 aliphatic carbocycles. The van der Waals surface area contributed by atoms with E-state index in [9.17, 15) is 13.2 Å². The van der Waals surface area contributed by atoms with Crippen molar-refractivity contribution in [3.63, 3.8) is 0 Å². The van der Waals surface area contributed by atoms with Gasteiger partial charge in [0.2, 0.25) is 0 Å². The summed E-state index contributed by atoms with van der Waals surface area (Å²) in [6.45, 7) is 4.96. The molecule has 0 saturated carbocycles. The van der Waals surface area contributed by atoms with Gasteiger partial charge in [0.25, 0.3) is 0 Å². The van der Waals surface area contributed by atoms with Gasteiger partial charge < -0.3 is 14.4 Å². The van der Waals surface area contributed by atoms with Gasteiger partial charge in [0, 0.05) is 18.4 Å². The Morgan fingerprint density at radius 3 is 2.26 bits per heavy atom. The average Bonchev–Trinajstić information content (AvgIpc) is 2.84. The predicted molar refractivity (Wildman–Crippen MR) is 127 cm³/mol. The smallest absolute Gasteiger partial charge is 0.421 e. The fourth-order valence-corrected chi connectivity index (χ4v) is 3.45. The molecule has 0 aliphatic heterocycles. The van der Waals surface area contributed by atoms with Crippen molar-refractivity contribution in [2.45, 2.75) is 52.3 Å². The van der Waals surface area contributed by atoms with E-state index in [4.69, 9.17) is 9.47 Å². The molecule has 1 heterocycles. The van der Waals surface area contributed by atoms with E-state index >= 15 is 0 Å². The second kappa shape index (κ2) is 12.3. The van der Waals surface area contributed by atoms with Crippen LogP contribution in [-0.4, -0.2) is 23.1 Å². The summed E-state index contributed by atoms with van der Waals surface area (Å²) in [6.07, 6.45) is 0.579. The minimum atomic E-state index is -4.61. The number of halogens is 3. The van der Waals surface area contributed by atoms with Crippen molar-refractivity contribution < 1.29 is 22.6 Å². The van der Waals surface area contributed by atoms with E-state index in [1.54, 1.807) is 31.2 Å². The summed E-state index contributed by atoms with van der Waals surface area (Å²) in [5, 5.41) is 0. The van der Waals surface area contributed by atoms with Crippen LogP contribution in [0.5, 0.6) is 11.8 Å². The molecule has 3 rings (SSSR count). The Balaban J connectivity index is 1.79. The van der Waals surface area contributed by atoms with Crippen LogP contribution in [0.3, 0.4) is 0 Å². The van der Waals surface area contributed by atoms with Crippen LogP contribution in [0.1, 0.15) is 50.7 Å².